The molecular formula is C13H10NO2. The molecule has 2 aromatic rings. The van der Waals surface area contributed by atoms with Crippen LogP contribution in [-0.2, 0) is 0 Å². The molecule has 0 aliphatic heterocycles. The van der Waals surface area contributed by atoms with Crippen LogP contribution in [0.25, 0.3) is 11.1 Å². The minimum atomic E-state index is -0.408. The zero-order valence-corrected chi connectivity index (χ0v) is 8.59. The normalized spacial score (nSPS) is 10.1. The minimum absolute atomic E-state index is 0.0568. The van der Waals surface area contributed by atoms with E-state index in [2.05, 4.69) is 6.92 Å². The number of hydrogen-bond acceptors (Lipinski definition) is 2. The van der Waals surface area contributed by atoms with Gasteiger partial charge >= 0.3 is 0 Å². The van der Waals surface area contributed by atoms with Gasteiger partial charge in [0.25, 0.3) is 5.69 Å². The molecule has 0 atom stereocenters. The molecule has 2 aromatic carbocycles. The number of nitrogens with zero attached hydrogens (tertiary/aromatic N) is 1. The van der Waals surface area contributed by atoms with Gasteiger partial charge in [-0.3, -0.25) is 10.1 Å². The van der Waals surface area contributed by atoms with E-state index in [1.807, 2.05) is 36.4 Å². The van der Waals surface area contributed by atoms with Gasteiger partial charge in [-0.2, -0.15) is 0 Å². The van der Waals surface area contributed by atoms with Crippen molar-refractivity contribution in [2.45, 2.75) is 0 Å². The van der Waals surface area contributed by atoms with Crippen LogP contribution in [0.4, 0.5) is 5.69 Å². The summed E-state index contributed by atoms with van der Waals surface area (Å²) in [5.74, 6) is 0. The van der Waals surface area contributed by atoms with Gasteiger partial charge in [0, 0.05) is 11.6 Å². The molecule has 0 amide bonds. The highest BCUT2D eigenvalue weighted by atomic mass is 16.6. The number of hydrogen-bond donors (Lipinski definition) is 0. The van der Waals surface area contributed by atoms with Crippen LogP contribution < -0.4 is 0 Å². The molecular weight excluding hydrogens is 202 g/mol. The first-order chi connectivity index (χ1) is 7.68. The Morgan fingerprint density at radius 3 is 2.31 bits per heavy atom. The zero-order valence-electron chi connectivity index (χ0n) is 8.59. The Morgan fingerprint density at radius 2 is 1.69 bits per heavy atom. The number of nitro groups is 1. The lowest BCUT2D eigenvalue weighted by Crippen LogP contribution is -1.91. The fourth-order valence-electron chi connectivity index (χ4n) is 1.54. The van der Waals surface area contributed by atoms with Crippen LogP contribution >= 0.6 is 0 Å². The number of nitro benzene ring substituents is 1. The lowest BCUT2D eigenvalue weighted by molar-refractivity contribution is -0.385. The summed E-state index contributed by atoms with van der Waals surface area (Å²) in [6.07, 6.45) is 0. The van der Waals surface area contributed by atoms with Crippen molar-refractivity contribution < 1.29 is 4.92 Å². The van der Waals surface area contributed by atoms with Crippen molar-refractivity contribution in [3.63, 3.8) is 0 Å². The second-order valence-electron chi connectivity index (χ2n) is 3.47. The second-order valence-corrected chi connectivity index (χ2v) is 3.47. The largest absolute Gasteiger partial charge is 0.273 e. The first kappa shape index (κ1) is 10.4. The van der Waals surface area contributed by atoms with Crippen molar-refractivity contribution in [2.24, 2.45) is 0 Å². The molecule has 79 valence electrons. The van der Waals surface area contributed by atoms with E-state index in [4.69, 9.17) is 0 Å². The molecule has 3 heteroatoms. The SMILES string of the molecule is [CH2]c1ccc(-c2ccccc2)cc1[N+](=O)[O-]. The molecule has 0 unspecified atom stereocenters. The van der Waals surface area contributed by atoms with Crippen molar-refractivity contribution in [1.29, 1.82) is 0 Å². The maximum atomic E-state index is 10.8. The van der Waals surface area contributed by atoms with E-state index in [1.165, 1.54) is 0 Å². The Hall–Kier alpha value is -2.16. The topological polar surface area (TPSA) is 43.1 Å². The zero-order chi connectivity index (χ0) is 11.5. The van der Waals surface area contributed by atoms with E-state index in [0.29, 0.717) is 5.56 Å². The highest BCUT2D eigenvalue weighted by molar-refractivity contribution is 5.67. The Bertz CT molecular complexity index is 521. The van der Waals surface area contributed by atoms with E-state index in [9.17, 15) is 10.1 Å². The monoisotopic (exact) mass is 212 g/mol. The van der Waals surface area contributed by atoms with Crippen molar-refractivity contribution in [2.75, 3.05) is 0 Å². The van der Waals surface area contributed by atoms with Gasteiger partial charge in [0.05, 0.1) is 4.92 Å². The average molecular weight is 212 g/mol. The number of benzene rings is 2. The first-order valence-electron chi connectivity index (χ1n) is 4.84. The Morgan fingerprint density at radius 1 is 1.00 bits per heavy atom. The molecule has 3 nitrogen and oxygen atoms in total. The third-order valence-corrected chi connectivity index (χ3v) is 2.39. The van der Waals surface area contributed by atoms with Crippen molar-refractivity contribution >= 4 is 5.69 Å². The molecule has 2 rings (SSSR count). The molecule has 0 aliphatic rings. The molecule has 1 radical (unpaired) electrons. The third-order valence-electron chi connectivity index (χ3n) is 2.39. The van der Waals surface area contributed by atoms with Crippen LogP contribution in [0.15, 0.2) is 48.5 Å². The van der Waals surface area contributed by atoms with Crippen LogP contribution in [0.1, 0.15) is 5.56 Å². The predicted octanol–water partition coefficient (Wildman–Crippen LogP) is 3.44. The Kier molecular flexibility index (Phi) is 2.68. The average Bonchev–Trinajstić information content (AvgIpc) is 2.30. The quantitative estimate of drug-likeness (QED) is 0.565. The van der Waals surface area contributed by atoms with Crippen LogP contribution in [-0.4, -0.2) is 4.92 Å². The predicted molar refractivity (Wildman–Crippen MR) is 63.0 cm³/mol. The molecule has 0 saturated carbocycles. The summed E-state index contributed by atoms with van der Waals surface area (Å²) in [5.41, 5.74) is 2.29. The van der Waals surface area contributed by atoms with Crippen LogP contribution in [0.2, 0.25) is 0 Å². The molecule has 16 heavy (non-hydrogen) atoms. The minimum Gasteiger partial charge on any atom is -0.258 e. The van der Waals surface area contributed by atoms with Gasteiger partial charge in [-0.1, -0.05) is 42.5 Å². The summed E-state index contributed by atoms with van der Waals surface area (Å²) in [6, 6.07) is 14.6. The van der Waals surface area contributed by atoms with Gasteiger partial charge in [-0.05, 0) is 18.1 Å². The fraction of sp³-hybridized carbons (Fsp3) is 0. The standard InChI is InChI=1S/C13H10NO2/c1-10-7-8-12(9-13(10)14(15)16)11-5-3-2-4-6-11/h2-9H,1H2. The van der Waals surface area contributed by atoms with Gasteiger partial charge in [0.1, 0.15) is 0 Å². The molecule has 0 spiro atoms. The Labute approximate surface area is 93.5 Å². The van der Waals surface area contributed by atoms with E-state index in [1.54, 1.807) is 12.1 Å². The summed E-state index contributed by atoms with van der Waals surface area (Å²) >= 11 is 0. The van der Waals surface area contributed by atoms with Gasteiger partial charge in [0.15, 0.2) is 0 Å². The molecule has 0 N–H and O–H groups in total. The highest BCUT2D eigenvalue weighted by Crippen LogP contribution is 2.26. The fourth-order valence-corrected chi connectivity index (χ4v) is 1.54. The van der Waals surface area contributed by atoms with Crippen LogP contribution in [0, 0.1) is 17.0 Å². The van der Waals surface area contributed by atoms with E-state index >= 15 is 0 Å². The molecule has 0 fully saturated rings. The van der Waals surface area contributed by atoms with Crippen LogP contribution in [0.3, 0.4) is 0 Å². The third kappa shape index (κ3) is 1.93. The smallest absolute Gasteiger partial charge is 0.258 e. The molecule has 0 saturated heterocycles. The van der Waals surface area contributed by atoms with Crippen molar-refractivity contribution in [1.82, 2.24) is 0 Å². The lowest BCUT2D eigenvalue weighted by Gasteiger charge is -2.02. The maximum Gasteiger partial charge on any atom is 0.273 e. The van der Waals surface area contributed by atoms with E-state index < -0.39 is 4.92 Å². The number of rotatable bonds is 2. The van der Waals surface area contributed by atoms with Gasteiger partial charge in [0.2, 0.25) is 0 Å². The maximum absolute atomic E-state index is 10.8. The highest BCUT2D eigenvalue weighted by Gasteiger charge is 2.11. The summed E-state index contributed by atoms with van der Waals surface area (Å²) in [7, 11) is 0. The summed E-state index contributed by atoms with van der Waals surface area (Å²) in [5, 5.41) is 10.8. The first-order valence-corrected chi connectivity index (χ1v) is 4.84. The van der Waals surface area contributed by atoms with Gasteiger partial charge in [-0.15, -0.1) is 0 Å². The molecule has 0 aromatic heterocycles. The second kappa shape index (κ2) is 4.14. The molecule has 0 bridgehead atoms. The van der Waals surface area contributed by atoms with E-state index in [-0.39, 0.29) is 5.69 Å². The Balaban J connectivity index is 2.52. The summed E-state index contributed by atoms with van der Waals surface area (Å²) in [4.78, 5) is 10.4. The summed E-state index contributed by atoms with van der Waals surface area (Å²) < 4.78 is 0. The van der Waals surface area contributed by atoms with Gasteiger partial charge < -0.3 is 0 Å². The van der Waals surface area contributed by atoms with Crippen molar-refractivity contribution in [3.8, 4) is 11.1 Å². The molecule has 0 aliphatic carbocycles. The van der Waals surface area contributed by atoms with Crippen LogP contribution in [0.5, 0.6) is 0 Å². The molecule has 0 heterocycles. The van der Waals surface area contributed by atoms with Gasteiger partial charge in [-0.25, -0.2) is 0 Å². The van der Waals surface area contributed by atoms with Crippen molar-refractivity contribution in [3.05, 3.63) is 71.1 Å². The van der Waals surface area contributed by atoms with E-state index in [0.717, 1.165) is 11.1 Å². The summed E-state index contributed by atoms with van der Waals surface area (Å²) in [6.45, 7) is 3.63. The lowest BCUT2D eigenvalue weighted by atomic mass is 10.0.